The third kappa shape index (κ3) is 8.93. The van der Waals surface area contributed by atoms with Crippen molar-refractivity contribution in [2.75, 3.05) is 26.2 Å². The van der Waals surface area contributed by atoms with Gasteiger partial charge in [0.25, 0.3) is 0 Å². The summed E-state index contributed by atoms with van der Waals surface area (Å²) in [5.74, 6) is 0.884. The molecule has 2 heteroatoms. The van der Waals surface area contributed by atoms with E-state index in [9.17, 15) is 0 Å². The molecule has 0 aromatic heterocycles. The highest BCUT2D eigenvalue weighted by atomic mass is 15.3. The maximum Gasteiger partial charge on any atom is 0.0619 e. The molecule has 0 unspecified atom stereocenters. The van der Waals surface area contributed by atoms with E-state index in [1.54, 1.807) is 0 Å². The fourth-order valence-electron chi connectivity index (χ4n) is 2.04. The topological polar surface area (TPSA) is 6.48 Å². The standard InChI is InChI=1S/C11H26N2.C5H12/c1-6-11(12(7-2)8-3)13(9-4)10-5;1-4-5(2)3/h11H,6-10H2,1-5H3;5H,4H2,1-3H3. The first-order chi connectivity index (χ1) is 8.51. The van der Waals surface area contributed by atoms with Gasteiger partial charge in [0.05, 0.1) is 6.17 Å². The Labute approximate surface area is 117 Å². The fourth-order valence-corrected chi connectivity index (χ4v) is 2.04. The quantitative estimate of drug-likeness (QED) is 0.593. The third-order valence-electron chi connectivity index (χ3n) is 3.65. The zero-order valence-electron chi connectivity index (χ0n) is 14.3. The Bertz CT molecular complexity index is 137. The van der Waals surface area contributed by atoms with Crippen molar-refractivity contribution in [3.63, 3.8) is 0 Å². The Morgan fingerprint density at radius 2 is 0.889 bits per heavy atom. The van der Waals surface area contributed by atoms with Crippen LogP contribution >= 0.6 is 0 Å². The molecule has 0 atom stereocenters. The molecule has 0 saturated carbocycles. The molecule has 18 heavy (non-hydrogen) atoms. The second-order valence-electron chi connectivity index (χ2n) is 5.13. The van der Waals surface area contributed by atoms with Gasteiger partial charge in [-0.15, -0.1) is 0 Å². The minimum Gasteiger partial charge on any atom is -0.288 e. The second kappa shape index (κ2) is 13.4. The Hall–Kier alpha value is -0.0800. The van der Waals surface area contributed by atoms with Crippen LogP contribution in [0.1, 0.15) is 68.2 Å². The summed E-state index contributed by atoms with van der Waals surface area (Å²) >= 11 is 0. The van der Waals surface area contributed by atoms with E-state index in [1.165, 1.54) is 12.8 Å². The number of rotatable bonds is 8. The zero-order chi connectivity index (χ0) is 14.6. The molecule has 0 aromatic carbocycles. The Morgan fingerprint density at radius 1 is 0.611 bits per heavy atom. The van der Waals surface area contributed by atoms with E-state index in [0.717, 1.165) is 32.1 Å². The largest absolute Gasteiger partial charge is 0.288 e. The molecule has 0 aromatic rings. The van der Waals surface area contributed by atoms with Crippen LogP contribution in [-0.4, -0.2) is 42.1 Å². The number of nitrogens with zero attached hydrogens (tertiary/aromatic N) is 2. The van der Waals surface area contributed by atoms with E-state index in [-0.39, 0.29) is 0 Å². The van der Waals surface area contributed by atoms with Gasteiger partial charge in [0, 0.05) is 0 Å². The van der Waals surface area contributed by atoms with Gasteiger partial charge in [-0.3, -0.25) is 9.80 Å². The Kier molecular flexibility index (Phi) is 15.0. The van der Waals surface area contributed by atoms with Crippen LogP contribution in [0.5, 0.6) is 0 Å². The van der Waals surface area contributed by atoms with Crippen LogP contribution in [0.15, 0.2) is 0 Å². The summed E-state index contributed by atoms with van der Waals surface area (Å²) in [6.07, 6.45) is 3.17. The van der Waals surface area contributed by atoms with Gasteiger partial charge in [-0.25, -0.2) is 0 Å². The monoisotopic (exact) mass is 258 g/mol. The molecule has 2 nitrogen and oxygen atoms in total. The summed E-state index contributed by atoms with van der Waals surface area (Å²) in [6, 6.07) is 0. The summed E-state index contributed by atoms with van der Waals surface area (Å²) in [6.45, 7) is 22.5. The molecule has 0 fully saturated rings. The molecule has 0 amide bonds. The van der Waals surface area contributed by atoms with E-state index in [2.05, 4.69) is 65.2 Å². The average Bonchev–Trinajstić information content (AvgIpc) is 2.39. The van der Waals surface area contributed by atoms with Gasteiger partial charge in [0.1, 0.15) is 0 Å². The van der Waals surface area contributed by atoms with E-state index in [4.69, 9.17) is 0 Å². The van der Waals surface area contributed by atoms with E-state index in [0.29, 0.717) is 6.17 Å². The molecule has 0 bridgehead atoms. The van der Waals surface area contributed by atoms with Crippen molar-refractivity contribution in [2.24, 2.45) is 5.92 Å². The van der Waals surface area contributed by atoms with Gasteiger partial charge in [-0.1, -0.05) is 61.8 Å². The predicted molar refractivity (Wildman–Crippen MR) is 85.1 cm³/mol. The summed E-state index contributed by atoms with van der Waals surface area (Å²) in [4.78, 5) is 5.07. The molecule has 112 valence electrons. The van der Waals surface area contributed by atoms with Crippen molar-refractivity contribution in [2.45, 2.75) is 74.4 Å². The van der Waals surface area contributed by atoms with Crippen molar-refractivity contribution in [3.8, 4) is 0 Å². The van der Waals surface area contributed by atoms with Gasteiger partial charge in [0.2, 0.25) is 0 Å². The predicted octanol–water partition coefficient (Wildman–Crippen LogP) is 4.46. The van der Waals surface area contributed by atoms with E-state index >= 15 is 0 Å². The smallest absolute Gasteiger partial charge is 0.0619 e. The van der Waals surface area contributed by atoms with E-state index in [1.807, 2.05) is 0 Å². The first kappa shape index (κ1) is 20.2. The van der Waals surface area contributed by atoms with Gasteiger partial charge in [-0.2, -0.15) is 0 Å². The van der Waals surface area contributed by atoms with Gasteiger partial charge in [0.15, 0.2) is 0 Å². The Balaban J connectivity index is 0. The van der Waals surface area contributed by atoms with E-state index < -0.39 is 0 Å². The molecule has 0 aliphatic rings. The lowest BCUT2D eigenvalue weighted by Crippen LogP contribution is -2.47. The van der Waals surface area contributed by atoms with Crippen molar-refractivity contribution < 1.29 is 0 Å². The van der Waals surface area contributed by atoms with Crippen molar-refractivity contribution in [1.82, 2.24) is 9.80 Å². The highest BCUT2D eigenvalue weighted by Crippen LogP contribution is 2.09. The molecule has 0 rings (SSSR count). The maximum absolute atomic E-state index is 2.53. The normalized spacial score (nSPS) is 11.3. The molecule has 0 N–H and O–H groups in total. The highest BCUT2D eigenvalue weighted by molar-refractivity contribution is 4.68. The molecule has 0 heterocycles. The summed E-state index contributed by atoms with van der Waals surface area (Å²) in [5.41, 5.74) is 0. The van der Waals surface area contributed by atoms with Crippen LogP contribution in [0.4, 0.5) is 0 Å². The van der Waals surface area contributed by atoms with Gasteiger partial charge >= 0.3 is 0 Å². The van der Waals surface area contributed by atoms with Crippen LogP contribution in [-0.2, 0) is 0 Å². The van der Waals surface area contributed by atoms with Crippen molar-refractivity contribution >= 4 is 0 Å². The Morgan fingerprint density at radius 3 is 1.00 bits per heavy atom. The first-order valence-electron chi connectivity index (χ1n) is 8.00. The minimum atomic E-state index is 0.644. The minimum absolute atomic E-state index is 0.644. The first-order valence-corrected chi connectivity index (χ1v) is 8.00. The summed E-state index contributed by atoms with van der Waals surface area (Å²) < 4.78 is 0. The van der Waals surface area contributed by atoms with Crippen molar-refractivity contribution in [1.29, 1.82) is 0 Å². The molecule has 0 aliphatic carbocycles. The lowest BCUT2D eigenvalue weighted by molar-refractivity contribution is 0.0539. The van der Waals surface area contributed by atoms with Crippen LogP contribution in [0.25, 0.3) is 0 Å². The van der Waals surface area contributed by atoms with Gasteiger partial charge < -0.3 is 0 Å². The van der Waals surface area contributed by atoms with Crippen LogP contribution < -0.4 is 0 Å². The molecule has 0 saturated heterocycles. The molecule has 0 spiro atoms. The lowest BCUT2D eigenvalue weighted by atomic mass is 10.2. The van der Waals surface area contributed by atoms with Crippen LogP contribution in [0.2, 0.25) is 0 Å². The molecular formula is C16H38N2. The molecular weight excluding hydrogens is 220 g/mol. The van der Waals surface area contributed by atoms with Crippen LogP contribution in [0.3, 0.4) is 0 Å². The van der Waals surface area contributed by atoms with Crippen LogP contribution in [0, 0.1) is 5.92 Å². The zero-order valence-corrected chi connectivity index (χ0v) is 14.3. The van der Waals surface area contributed by atoms with Crippen molar-refractivity contribution in [3.05, 3.63) is 0 Å². The summed E-state index contributed by atoms with van der Waals surface area (Å²) in [5, 5.41) is 0. The maximum atomic E-state index is 2.53. The second-order valence-corrected chi connectivity index (χ2v) is 5.13. The number of hydrogen-bond acceptors (Lipinski definition) is 2. The van der Waals surface area contributed by atoms with Gasteiger partial charge in [-0.05, 0) is 38.5 Å². The number of hydrogen-bond donors (Lipinski definition) is 0. The molecule has 0 radical (unpaired) electrons. The third-order valence-corrected chi connectivity index (χ3v) is 3.65. The summed E-state index contributed by atoms with van der Waals surface area (Å²) in [7, 11) is 0. The average molecular weight is 258 g/mol. The molecule has 0 aliphatic heterocycles. The SMILES string of the molecule is CCC(C)C.CCC(N(CC)CC)N(CC)CC. The lowest BCUT2D eigenvalue weighted by Gasteiger charge is -2.37. The highest BCUT2D eigenvalue weighted by Gasteiger charge is 2.18. The fraction of sp³-hybridized carbons (Fsp3) is 1.00.